The van der Waals surface area contributed by atoms with Gasteiger partial charge < -0.3 is 10.4 Å². The quantitative estimate of drug-likeness (QED) is 0.726. The predicted molar refractivity (Wildman–Crippen MR) is 70.9 cm³/mol. The van der Waals surface area contributed by atoms with Gasteiger partial charge in [-0.3, -0.25) is 4.79 Å². The predicted octanol–water partition coefficient (Wildman–Crippen LogP) is 2.20. The third-order valence-electron chi connectivity index (χ3n) is 2.33. The number of aliphatic hydroxyl groups is 1. The SMILES string of the molecule is CCO.Cc1ccccc1C.O=C1CCCN1. The summed E-state index contributed by atoms with van der Waals surface area (Å²) in [7, 11) is 0. The van der Waals surface area contributed by atoms with E-state index in [0.717, 1.165) is 19.4 Å². The number of aryl methyl sites for hydroxylation is 2. The van der Waals surface area contributed by atoms with Crippen LogP contribution < -0.4 is 5.32 Å². The normalized spacial score (nSPS) is 12.8. The van der Waals surface area contributed by atoms with Gasteiger partial charge in [-0.05, 0) is 38.3 Å². The van der Waals surface area contributed by atoms with Gasteiger partial charge in [-0.2, -0.15) is 0 Å². The lowest BCUT2D eigenvalue weighted by atomic mass is 10.1. The fourth-order valence-electron chi connectivity index (χ4n) is 1.23. The smallest absolute Gasteiger partial charge is 0.220 e. The number of nitrogens with one attached hydrogen (secondary N) is 1. The summed E-state index contributed by atoms with van der Waals surface area (Å²) in [4.78, 5) is 10.1. The minimum atomic E-state index is 0.204. The van der Waals surface area contributed by atoms with Gasteiger partial charge in [0.25, 0.3) is 0 Å². The van der Waals surface area contributed by atoms with Crippen LogP contribution in [0.5, 0.6) is 0 Å². The van der Waals surface area contributed by atoms with E-state index in [0.29, 0.717) is 0 Å². The van der Waals surface area contributed by atoms with E-state index in [1.165, 1.54) is 11.1 Å². The summed E-state index contributed by atoms with van der Waals surface area (Å²) < 4.78 is 0. The lowest BCUT2D eigenvalue weighted by molar-refractivity contribution is -0.119. The maximum atomic E-state index is 10.1. The van der Waals surface area contributed by atoms with Crippen LogP contribution in [0.2, 0.25) is 0 Å². The van der Waals surface area contributed by atoms with E-state index in [1.54, 1.807) is 6.92 Å². The Morgan fingerprint density at radius 2 is 1.71 bits per heavy atom. The summed E-state index contributed by atoms with van der Waals surface area (Å²) in [6, 6.07) is 8.36. The van der Waals surface area contributed by atoms with Crippen LogP contribution >= 0.6 is 0 Å². The first-order valence-corrected chi connectivity index (χ1v) is 6.01. The number of hydrogen-bond donors (Lipinski definition) is 2. The number of carbonyl (C=O) groups excluding carboxylic acids is 1. The molecule has 1 heterocycles. The second-order valence-corrected chi connectivity index (χ2v) is 3.85. The molecule has 0 aromatic heterocycles. The van der Waals surface area contributed by atoms with Crippen molar-refractivity contribution in [3.8, 4) is 0 Å². The van der Waals surface area contributed by atoms with Crippen LogP contribution in [0.25, 0.3) is 0 Å². The molecule has 3 heteroatoms. The van der Waals surface area contributed by atoms with Crippen LogP contribution in [0, 0.1) is 13.8 Å². The molecule has 1 saturated heterocycles. The van der Waals surface area contributed by atoms with Crippen molar-refractivity contribution in [1.82, 2.24) is 5.32 Å². The molecule has 0 bridgehead atoms. The van der Waals surface area contributed by atoms with E-state index in [9.17, 15) is 4.79 Å². The van der Waals surface area contributed by atoms with E-state index in [1.807, 2.05) is 0 Å². The number of hydrogen-bond acceptors (Lipinski definition) is 2. The minimum absolute atomic E-state index is 0.204. The van der Waals surface area contributed by atoms with Crippen LogP contribution in [-0.4, -0.2) is 24.2 Å². The first kappa shape index (κ1) is 15.7. The lowest BCUT2D eigenvalue weighted by Crippen LogP contribution is -2.12. The van der Waals surface area contributed by atoms with E-state index in [2.05, 4.69) is 43.4 Å². The molecular weight excluding hydrogens is 214 g/mol. The number of amides is 1. The van der Waals surface area contributed by atoms with Gasteiger partial charge in [0.05, 0.1) is 0 Å². The van der Waals surface area contributed by atoms with Crippen molar-refractivity contribution in [2.75, 3.05) is 13.2 Å². The summed E-state index contributed by atoms with van der Waals surface area (Å²) in [5, 5.41) is 10.2. The highest BCUT2D eigenvalue weighted by atomic mass is 16.2. The monoisotopic (exact) mass is 237 g/mol. The fraction of sp³-hybridized carbons (Fsp3) is 0.500. The third-order valence-corrected chi connectivity index (χ3v) is 2.33. The molecule has 2 N–H and O–H groups in total. The Kier molecular flexibility index (Phi) is 9.06. The Labute approximate surface area is 104 Å². The van der Waals surface area contributed by atoms with Crippen LogP contribution in [0.3, 0.4) is 0 Å². The van der Waals surface area contributed by atoms with Crippen molar-refractivity contribution in [3.63, 3.8) is 0 Å². The summed E-state index contributed by atoms with van der Waals surface area (Å²) in [5.74, 6) is 0.204. The molecule has 1 aromatic carbocycles. The first-order chi connectivity index (χ1) is 8.11. The molecule has 17 heavy (non-hydrogen) atoms. The second-order valence-electron chi connectivity index (χ2n) is 3.85. The van der Waals surface area contributed by atoms with Crippen molar-refractivity contribution < 1.29 is 9.90 Å². The fourth-order valence-corrected chi connectivity index (χ4v) is 1.23. The van der Waals surface area contributed by atoms with Crippen molar-refractivity contribution in [1.29, 1.82) is 0 Å². The van der Waals surface area contributed by atoms with Crippen LogP contribution in [0.4, 0.5) is 0 Å². The van der Waals surface area contributed by atoms with Crippen molar-refractivity contribution in [2.24, 2.45) is 0 Å². The molecule has 1 aromatic rings. The molecule has 2 rings (SSSR count). The summed E-state index contributed by atoms with van der Waals surface area (Å²) in [6.07, 6.45) is 1.76. The topological polar surface area (TPSA) is 49.3 Å². The number of rotatable bonds is 0. The average molecular weight is 237 g/mol. The van der Waals surface area contributed by atoms with Gasteiger partial charge >= 0.3 is 0 Å². The molecule has 96 valence electrons. The third kappa shape index (κ3) is 8.46. The Hall–Kier alpha value is -1.35. The van der Waals surface area contributed by atoms with Crippen LogP contribution in [0.15, 0.2) is 24.3 Å². The van der Waals surface area contributed by atoms with Gasteiger partial charge in [-0.1, -0.05) is 24.3 Å². The maximum absolute atomic E-state index is 10.1. The standard InChI is InChI=1S/C8H10.C4H7NO.C2H6O/c1-7-5-3-4-6-8(7)2;6-4-2-1-3-5-4;1-2-3/h3-6H,1-2H3;1-3H2,(H,5,6);3H,2H2,1H3. The summed E-state index contributed by atoms with van der Waals surface area (Å²) >= 11 is 0. The van der Waals surface area contributed by atoms with Gasteiger partial charge in [0.15, 0.2) is 0 Å². The molecule has 0 saturated carbocycles. The lowest BCUT2D eigenvalue weighted by Gasteiger charge is -1.93. The molecule has 0 unspecified atom stereocenters. The second kappa shape index (κ2) is 9.85. The van der Waals surface area contributed by atoms with E-state index < -0.39 is 0 Å². The van der Waals surface area contributed by atoms with Gasteiger partial charge in [-0.25, -0.2) is 0 Å². The Balaban J connectivity index is 0.000000252. The zero-order valence-electron chi connectivity index (χ0n) is 11.0. The van der Waals surface area contributed by atoms with Gasteiger partial charge in [0.1, 0.15) is 0 Å². The van der Waals surface area contributed by atoms with E-state index >= 15 is 0 Å². The largest absolute Gasteiger partial charge is 0.397 e. The molecular formula is C14H23NO2. The minimum Gasteiger partial charge on any atom is -0.397 e. The summed E-state index contributed by atoms with van der Waals surface area (Å²) in [5.41, 5.74) is 2.74. The molecule has 0 spiro atoms. The number of aliphatic hydroxyl groups excluding tert-OH is 1. The van der Waals surface area contributed by atoms with Crippen LogP contribution in [0.1, 0.15) is 30.9 Å². The van der Waals surface area contributed by atoms with Crippen LogP contribution in [-0.2, 0) is 4.79 Å². The molecule has 0 atom stereocenters. The Morgan fingerprint density at radius 1 is 1.24 bits per heavy atom. The molecule has 3 nitrogen and oxygen atoms in total. The molecule has 1 fully saturated rings. The molecule has 1 aliphatic rings. The van der Waals surface area contributed by atoms with Crippen molar-refractivity contribution in [3.05, 3.63) is 35.4 Å². The molecule has 0 aliphatic carbocycles. The van der Waals surface area contributed by atoms with Gasteiger partial charge in [0, 0.05) is 19.6 Å². The van der Waals surface area contributed by atoms with E-state index in [-0.39, 0.29) is 12.5 Å². The summed E-state index contributed by atoms with van der Waals surface area (Å²) in [6.45, 7) is 7.06. The zero-order valence-corrected chi connectivity index (χ0v) is 11.0. The highest BCUT2D eigenvalue weighted by molar-refractivity contribution is 5.77. The Morgan fingerprint density at radius 3 is 1.88 bits per heavy atom. The van der Waals surface area contributed by atoms with E-state index in [4.69, 9.17) is 5.11 Å². The molecule has 0 radical (unpaired) electrons. The molecule has 1 aliphatic heterocycles. The van der Waals surface area contributed by atoms with Gasteiger partial charge in [0.2, 0.25) is 5.91 Å². The maximum Gasteiger partial charge on any atom is 0.220 e. The Bertz CT molecular complexity index is 295. The zero-order chi connectivity index (χ0) is 13.1. The van der Waals surface area contributed by atoms with Crippen molar-refractivity contribution in [2.45, 2.75) is 33.6 Å². The highest BCUT2D eigenvalue weighted by Gasteiger charge is 2.05. The average Bonchev–Trinajstić information content (AvgIpc) is 2.76. The number of benzene rings is 1. The molecule has 1 amide bonds. The highest BCUT2D eigenvalue weighted by Crippen LogP contribution is 2.02. The number of carbonyl (C=O) groups is 1. The first-order valence-electron chi connectivity index (χ1n) is 6.01. The van der Waals surface area contributed by atoms with Crippen molar-refractivity contribution >= 4 is 5.91 Å². The van der Waals surface area contributed by atoms with Gasteiger partial charge in [-0.15, -0.1) is 0 Å².